The Balaban J connectivity index is 1.48. The highest BCUT2D eigenvalue weighted by atomic mass is 15.3. The fourth-order valence-corrected chi connectivity index (χ4v) is 3.60. The summed E-state index contributed by atoms with van der Waals surface area (Å²) in [7, 11) is 2.20. The van der Waals surface area contributed by atoms with Gasteiger partial charge >= 0.3 is 0 Å². The number of nitrogens with zero attached hydrogens (tertiary/aromatic N) is 3. The van der Waals surface area contributed by atoms with Crippen molar-refractivity contribution in [2.75, 3.05) is 18.5 Å². The number of rotatable bonds is 5. The molecule has 0 radical (unpaired) electrons. The van der Waals surface area contributed by atoms with Gasteiger partial charge in [0.15, 0.2) is 0 Å². The molecule has 2 aromatic rings. The van der Waals surface area contributed by atoms with Gasteiger partial charge in [-0.15, -0.1) is 0 Å². The van der Waals surface area contributed by atoms with E-state index in [9.17, 15) is 0 Å². The fraction of sp³-hybridized carbons (Fsp3) is 0.526. The van der Waals surface area contributed by atoms with Crippen LogP contribution < -0.4 is 10.2 Å². The molecule has 0 spiro atoms. The van der Waals surface area contributed by atoms with Crippen molar-refractivity contribution in [3.8, 4) is 0 Å². The third-order valence-electron chi connectivity index (χ3n) is 5.17. The molecule has 1 unspecified atom stereocenters. The Morgan fingerprint density at radius 2 is 2.04 bits per heavy atom. The van der Waals surface area contributed by atoms with Gasteiger partial charge in [-0.05, 0) is 49.3 Å². The number of anilines is 1. The van der Waals surface area contributed by atoms with Gasteiger partial charge in [-0.25, -0.2) is 0 Å². The van der Waals surface area contributed by atoms with Crippen molar-refractivity contribution in [1.29, 1.82) is 0 Å². The average Bonchev–Trinajstić information content (AvgIpc) is 3.30. The van der Waals surface area contributed by atoms with Gasteiger partial charge in [-0.1, -0.05) is 18.2 Å². The standard InChI is InChI=1S/C19H26N4/c1-22-12-4-6-18(17-5-2-3-7-19(17)22)20-13-16-10-11-21-23(16)14-15-8-9-15/h2-3,5,7,10-11,15,18,20H,4,6,8-9,12-14H2,1H3. The summed E-state index contributed by atoms with van der Waals surface area (Å²) in [6.07, 6.45) is 7.10. The molecule has 4 heteroatoms. The monoisotopic (exact) mass is 310 g/mol. The lowest BCUT2D eigenvalue weighted by molar-refractivity contribution is 0.466. The lowest BCUT2D eigenvalue weighted by Gasteiger charge is -2.22. The molecule has 0 amide bonds. The van der Waals surface area contributed by atoms with Gasteiger partial charge in [-0.2, -0.15) is 5.10 Å². The van der Waals surface area contributed by atoms with E-state index in [1.54, 1.807) is 0 Å². The van der Waals surface area contributed by atoms with E-state index in [1.807, 2.05) is 6.20 Å². The van der Waals surface area contributed by atoms with Gasteiger partial charge in [0, 0.05) is 44.6 Å². The van der Waals surface area contributed by atoms with Gasteiger partial charge in [0.25, 0.3) is 0 Å². The molecule has 1 aliphatic heterocycles. The number of benzene rings is 1. The predicted octanol–water partition coefficient (Wildman–Crippen LogP) is 3.35. The van der Waals surface area contributed by atoms with Crippen LogP contribution in [0, 0.1) is 5.92 Å². The lowest BCUT2D eigenvalue weighted by Crippen LogP contribution is -2.23. The number of hydrogen-bond donors (Lipinski definition) is 1. The van der Waals surface area contributed by atoms with Crippen molar-refractivity contribution in [2.45, 2.75) is 44.8 Å². The van der Waals surface area contributed by atoms with E-state index in [4.69, 9.17) is 0 Å². The first kappa shape index (κ1) is 14.8. The van der Waals surface area contributed by atoms with Crippen LogP contribution in [0.1, 0.15) is 43.0 Å². The zero-order chi connectivity index (χ0) is 15.6. The molecule has 122 valence electrons. The second kappa shape index (κ2) is 6.36. The summed E-state index contributed by atoms with van der Waals surface area (Å²) in [5, 5.41) is 8.29. The summed E-state index contributed by atoms with van der Waals surface area (Å²) < 4.78 is 2.19. The largest absolute Gasteiger partial charge is 0.374 e. The Labute approximate surface area is 138 Å². The molecule has 0 bridgehead atoms. The first-order chi connectivity index (χ1) is 11.3. The van der Waals surface area contributed by atoms with Crippen LogP contribution in [0.4, 0.5) is 5.69 Å². The minimum absolute atomic E-state index is 0.431. The number of fused-ring (bicyclic) bond motifs is 1. The Hall–Kier alpha value is -1.81. The Kier molecular flexibility index (Phi) is 4.08. The van der Waals surface area contributed by atoms with Crippen LogP contribution in [0.2, 0.25) is 0 Å². The van der Waals surface area contributed by atoms with Crippen LogP contribution in [-0.4, -0.2) is 23.4 Å². The van der Waals surface area contributed by atoms with E-state index in [1.165, 1.54) is 42.6 Å². The normalized spacial score (nSPS) is 21.1. The van der Waals surface area contributed by atoms with Crippen molar-refractivity contribution in [3.05, 3.63) is 47.8 Å². The van der Waals surface area contributed by atoms with E-state index in [2.05, 4.69) is 57.4 Å². The van der Waals surface area contributed by atoms with E-state index in [-0.39, 0.29) is 0 Å². The molecule has 0 saturated heterocycles. The third kappa shape index (κ3) is 3.27. The molecule has 23 heavy (non-hydrogen) atoms. The summed E-state index contributed by atoms with van der Waals surface area (Å²) in [5.41, 5.74) is 4.11. The smallest absolute Gasteiger partial charge is 0.0522 e. The second-order valence-corrected chi connectivity index (χ2v) is 7.00. The molecule has 1 saturated carbocycles. The lowest BCUT2D eigenvalue weighted by atomic mass is 10.0. The highest BCUT2D eigenvalue weighted by molar-refractivity contribution is 5.55. The van der Waals surface area contributed by atoms with Gasteiger partial charge in [-0.3, -0.25) is 4.68 Å². The third-order valence-corrected chi connectivity index (χ3v) is 5.17. The number of aromatic nitrogens is 2. The maximum Gasteiger partial charge on any atom is 0.0522 e. The van der Waals surface area contributed by atoms with E-state index in [0.29, 0.717) is 6.04 Å². The van der Waals surface area contributed by atoms with Crippen molar-refractivity contribution in [2.24, 2.45) is 5.92 Å². The van der Waals surface area contributed by atoms with Gasteiger partial charge < -0.3 is 10.2 Å². The predicted molar refractivity (Wildman–Crippen MR) is 93.5 cm³/mol. The van der Waals surface area contributed by atoms with E-state index < -0.39 is 0 Å². The van der Waals surface area contributed by atoms with Crippen LogP contribution in [0.25, 0.3) is 0 Å². The number of nitrogens with one attached hydrogen (secondary N) is 1. The molecule has 1 aliphatic carbocycles. The Morgan fingerprint density at radius 1 is 1.17 bits per heavy atom. The zero-order valence-corrected chi connectivity index (χ0v) is 13.9. The van der Waals surface area contributed by atoms with Crippen molar-refractivity contribution >= 4 is 5.69 Å². The molecule has 2 aliphatic rings. The molecule has 1 aromatic carbocycles. The molecule has 1 aromatic heterocycles. The highest BCUT2D eigenvalue weighted by Gasteiger charge is 2.24. The van der Waals surface area contributed by atoms with Crippen LogP contribution in [0.5, 0.6) is 0 Å². The topological polar surface area (TPSA) is 33.1 Å². The van der Waals surface area contributed by atoms with E-state index in [0.717, 1.165) is 25.6 Å². The van der Waals surface area contributed by atoms with Crippen LogP contribution in [0.15, 0.2) is 36.5 Å². The van der Waals surface area contributed by atoms with Crippen molar-refractivity contribution < 1.29 is 0 Å². The van der Waals surface area contributed by atoms with E-state index >= 15 is 0 Å². The van der Waals surface area contributed by atoms with Gasteiger partial charge in [0.2, 0.25) is 0 Å². The Morgan fingerprint density at radius 3 is 2.91 bits per heavy atom. The maximum atomic E-state index is 4.50. The number of para-hydroxylation sites is 1. The highest BCUT2D eigenvalue weighted by Crippen LogP contribution is 2.33. The minimum Gasteiger partial charge on any atom is -0.374 e. The minimum atomic E-state index is 0.431. The maximum absolute atomic E-state index is 4.50. The molecular formula is C19H26N4. The zero-order valence-electron chi connectivity index (χ0n) is 13.9. The van der Waals surface area contributed by atoms with Crippen molar-refractivity contribution in [1.82, 2.24) is 15.1 Å². The molecular weight excluding hydrogens is 284 g/mol. The fourth-order valence-electron chi connectivity index (χ4n) is 3.60. The molecule has 2 heterocycles. The SMILES string of the molecule is CN1CCCC(NCc2ccnn2CC2CC2)c2ccccc21. The summed E-state index contributed by atoms with van der Waals surface area (Å²) in [6.45, 7) is 3.12. The average molecular weight is 310 g/mol. The summed E-state index contributed by atoms with van der Waals surface area (Å²) >= 11 is 0. The molecule has 1 atom stereocenters. The summed E-state index contributed by atoms with van der Waals surface area (Å²) in [6, 6.07) is 11.4. The molecule has 4 rings (SSSR count). The van der Waals surface area contributed by atoms with Crippen molar-refractivity contribution in [3.63, 3.8) is 0 Å². The van der Waals surface area contributed by atoms with Crippen LogP contribution in [0.3, 0.4) is 0 Å². The first-order valence-electron chi connectivity index (χ1n) is 8.85. The van der Waals surface area contributed by atoms with Crippen LogP contribution >= 0.6 is 0 Å². The first-order valence-corrected chi connectivity index (χ1v) is 8.85. The van der Waals surface area contributed by atoms with Crippen LogP contribution in [-0.2, 0) is 13.1 Å². The summed E-state index contributed by atoms with van der Waals surface area (Å²) in [5.74, 6) is 0.862. The molecule has 1 N–H and O–H groups in total. The quantitative estimate of drug-likeness (QED) is 0.919. The molecule has 4 nitrogen and oxygen atoms in total. The summed E-state index contributed by atoms with van der Waals surface area (Å²) in [4.78, 5) is 2.38. The second-order valence-electron chi connectivity index (χ2n) is 7.00. The number of hydrogen-bond acceptors (Lipinski definition) is 3. The van der Waals surface area contributed by atoms with Gasteiger partial charge in [0.05, 0.1) is 5.69 Å². The van der Waals surface area contributed by atoms with Gasteiger partial charge in [0.1, 0.15) is 0 Å². The molecule has 1 fully saturated rings. The Bertz CT molecular complexity index is 659.